The fourth-order valence-electron chi connectivity index (χ4n) is 3.18. The lowest BCUT2D eigenvalue weighted by Crippen LogP contribution is -2.29. The molecule has 0 aliphatic carbocycles. The summed E-state index contributed by atoms with van der Waals surface area (Å²) in [7, 11) is 0. The molecule has 1 aliphatic heterocycles. The molecule has 28 heavy (non-hydrogen) atoms. The van der Waals surface area contributed by atoms with Crippen LogP contribution in [0.4, 0.5) is 26.3 Å². The average molecular weight is 404 g/mol. The lowest BCUT2D eigenvalue weighted by atomic mass is 9.98. The summed E-state index contributed by atoms with van der Waals surface area (Å²) in [6.07, 6.45) is -9.33. The van der Waals surface area contributed by atoms with Crippen LogP contribution in [0.25, 0.3) is 0 Å². The number of halogens is 6. The molecule has 2 aromatic carbocycles. The van der Waals surface area contributed by atoms with Crippen LogP contribution in [-0.2, 0) is 28.4 Å². The second kappa shape index (κ2) is 8.13. The largest absolute Gasteiger partial charge is 0.416 e. The van der Waals surface area contributed by atoms with Crippen LogP contribution >= 0.6 is 0 Å². The van der Waals surface area contributed by atoms with Gasteiger partial charge in [0.05, 0.1) is 23.8 Å². The Morgan fingerprint density at radius 1 is 0.893 bits per heavy atom. The van der Waals surface area contributed by atoms with Crippen molar-refractivity contribution in [2.75, 3.05) is 6.61 Å². The Kier molecular flexibility index (Phi) is 6.00. The van der Waals surface area contributed by atoms with Gasteiger partial charge in [-0.05, 0) is 42.2 Å². The van der Waals surface area contributed by atoms with Gasteiger partial charge in [-0.1, -0.05) is 30.3 Å². The van der Waals surface area contributed by atoms with Crippen LogP contribution in [0.2, 0.25) is 0 Å². The van der Waals surface area contributed by atoms with E-state index in [0.29, 0.717) is 31.6 Å². The lowest BCUT2D eigenvalue weighted by molar-refractivity contribution is -0.143. The van der Waals surface area contributed by atoms with Crippen molar-refractivity contribution in [3.63, 3.8) is 0 Å². The fourth-order valence-corrected chi connectivity index (χ4v) is 3.18. The Morgan fingerprint density at radius 2 is 1.50 bits per heavy atom. The molecule has 2 atom stereocenters. The topological polar surface area (TPSA) is 18.5 Å². The molecular formula is C20H18F6O2. The maximum absolute atomic E-state index is 13.0. The highest BCUT2D eigenvalue weighted by atomic mass is 19.4. The Labute approximate surface area is 158 Å². The van der Waals surface area contributed by atoms with Gasteiger partial charge in [0, 0.05) is 6.61 Å². The minimum absolute atomic E-state index is 0.111. The van der Waals surface area contributed by atoms with E-state index in [1.54, 1.807) is 0 Å². The number of benzene rings is 2. The molecule has 1 fully saturated rings. The molecular weight excluding hydrogens is 386 g/mol. The Hall–Kier alpha value is -2.06. The van der Waals surface area contributed by atoms with Gasteiger partial charge < -0.3 is 9.47 Å². The summed E-state index contributed by atoms with van der Waals surface area (Å²) < 4.78 is 89.4. The molecule has 2 nitrogen and oxygen atoms in total. The minimum atomic E-state index is -4.88. The highest BCUT2D eigenvalue weighted by Gasteiger charge is 2.37. The molecule has 1 heterocycles. The standard InChI is InChI=1S/C20H18F6O2/c21-19(22,23)15-9-13(10-16(11-15)20(24,25)26)12-28-17-7-4-8-27-18(17)14-5-2-1-3-6-14/h1-3,5-6,9-11,17-18H,4,7-8,12H2/t17-,18-/m0/s1. The summed E-state index contributed by atoms with van der Waals surface area (Å²) in [5.74, 6) is 0. The van der Waals surface area contributed by atoms with Crippen molar-refractivity contribution in [1.29, 1.82) is 0 Å². The first-order valence-electron chi connectivity index (χ1n) is 8.71. The van der Waals surface area contributed by atoms with E-state index in [1.807, 2.05) is 30.3 Å². The van der Waals surface area contributed by atoms with Gasteiger partial charge >= 0.3 is 12.4 Å². The van der Waals surface area contributed by atoms with Gasteiger partial charge in [0.2, 0.25) is 0 Å². The molecule has 1 aliphatic rings. The van der Waals surface area contributed by atoms with Crippen LogP contribution in [0.1, 0.15) is 41.2 Å². The minimum Gasteiger partial charge on any atom is -0.371 e. The van der Waals surface area contributed by atoms with E-state index in [9.17, 15) is 26.3 Å². The van der Waals surface area contributed by atoms with Crippen molar-refractivity contribution < 1.29 is 35.8 Å². The predicted molar refractivity (Wildman–Crippen MR) is 89.4 cm³/mol. The van der Waals surface area contributed by atoms with Gasteiger partial charge in [0.25, 0.3) is 0 Å². The molecule has 0 bridgehead atoms. The first-order valence-corrected chi connectivity index (χ1v) is 8.71. The molecule has 0 amide bonds. The zero-order chi connectivity index (χ0) is 20.4. The molecule has 1 saturated heterocycles. The van der Waals surface area contributed by atoms with E-state index < -0.39 is 35.7 Å². The molecule has 0 aromatic heterocycles. The van der Waals surface area contributed by atoms with E-state index >= 15 is 0 Å². The molecule has 8 heteroatoms. The van der Waals surface area contributed by atoms with Gasteiger partial charge in [-0.2, -0.15) is 26.3 Å². The van der Waals surface area contributed by atoms with Crippen molar-refractivity contribution >= 4 is 0 Å². The van der Waals surface area contributed by atoms with Gasteiger partial charge in [0.15, 0.2) is 0 Å². The lowest BCUT2D eigenvalue weighted by Gasteiger charge is -2.32. The summed E-state index contributed by atoms with van der Waals surface area (Å²) in [5.41, 5.74) is -2.02. The quantitative estimate of drug-likeness (QED) is 0.568. The van der Waals surface area contributed by atoms with Crippen LogP contribution < -0.4 is 0 Å². The fraction of sp³-hybridized carbons (Fsp3) is 0.400. The second-order valence-corrected chi connectivity index (χ2v) is 6.61. The third kappa shape index (κ3) is 5.05. The maximum atomic E-state index is 13.0. The third-order valence-electron chi connectivity index (χ3n) is 4.51. The Balaban J connectivity index is 1.81. The molecule has 3 rings (SSSR count). The number of rotatable bonds is 4. The number of hydrogen-bond acceptors (Lipinski definition) is 2. The monoisotopic (exact) mass is 404 g/mol. The van der Waals surface area contributed by atoms with E-state index in [4.69, 9.17) is 9.47 Å². The van der Waals surface area contributed by atoms with Crippen LogP contribution in [0.15, 0.2) is 48.5 Å². The van der Waals surface area contributed by atoms with Gasteiger partial charge in [-0.15, -0.1) is 0 Å². The third-order valence-corrected chi connectivity index (χ3v) is 4.51. The van der Waals surface area contributed by atoms with Crippen molar-refractivity contribution in [2.45, 2.75) is 44.0 Å². The normalized spacial score (nSPS) is 20.9. The van der Waals surface area contributed by atoms with Gasteiger partial charge in [0.1, 0.15) is 6.10 Å². The molecule has 0 radical (unpaired) electrons. The predicted octanol–water partition coefficient (Wildman–Crippen LogP) is 6.16. The van der Waals surface area contributed by atoms with Gasteiger partial charge in [-0.3, -0.25) is 0 Å². The molecule has 0 spiro atoms. The number of alkyl halides is 6. The van der Waals surface area contributed by atoms with Crippen molar-refractivity contribution in [1.82, 2.24) is 0 Å². The van der Waals surface area contributed by atoms with Crippen LogP contribution in [0.3, 0.4) is 0 Å². The summed E-state index contributed by atoms with van der Waals surface area (Å²) in [4.78, 5) is 0. The molecule has 2 aromatic rings. The van der Waals surface area contributed by atoms with E-state index in [0.717, 1.165) is 5.56 Å². The molecule has 0 unspecified atom stereocenters. The average Bonchev–Trinajstić information content (AvgIpc) is 2.66. The Morgan fingerprint density at radius 3 is 2.07 bits per heavy atom. The molecule has 0 saturated carbocycles. The summed E-state index contributed by atoms with van der Waals surface area (Å²) in [6.45, 7) is 0.144. The van der Waals surface area contributed by atoms with Crippen LogP contribution in [0.5, 0.6) is 0 Å². The molecule has 0 N–H and O–H groups in total. The highest BCUT2D eigenvalue weighted by Crippen LogP contribution is 2.37. The molecule has 152 valence electrons. The summed E-state index contributed by atoms with van der Waals surface area (Å²) in [5, 5.41) is 0. The second-order valence-electron chi connectivity index (χ2n) is 6.61. The number of hydrogen-bond donors (Lipinski definition) is 0. The Bertz CT molecular complexity index is 753. The van der Waals surface area contributed by atoms with Crippen molar-refractivity contribution in [2.24, 2.45) is 0 Å². The summed E-state index contributed by atoms with van der Waals surface area (Å²) in [6, 6.07) is 10.7. The zero-order valence-corrected chi connectivity index (χ0v) is 14.7. The first kappa shape index (κ1) is 20.7. The van der Waals surface area contributed by atoms with Crippen molar-refractivity contribution in [3.05, 3.63) is 70.8 Å². The zero-order valence-electron chi connectivity index (χ0n) is 14.7. The maximum Gasteiger partial charge on any atom is 0.416 e. The first-order chi connectivity index (χ1) is 13.1. The van der Waals surface area contributed by atoms with E-state index in [2.05, 4.69) is 0 Å². The van der Waals surface area contributed by atoms with Crippen molar-refractivity contribution in [3.8, 4) is 0 Å². The number of ether oxygens (including phenoxy) is 2. The SMILES string of the molecule is FC(F)(F)c1cc(CO[C@H]2CCCO[C@H]2c2ccccc2)cc(C(F)(F)F)c1. The summed E-state index contributed by atoms with van der Waals surface area (Å²) >= 11 is 0. The smallest absolute Gasteiger partial charge is 0.371 e. The highest BCUT2D eigenvalue weighted by molar-refractivity contribution is 5.33. The van der Waals surface area contributed by atoms with Crippen LogP contribution in [-0.4, -0.2) is 12.7 Å². The van der Waals surface area contributed by atoms with Crippen LogP contribution in [0, 0.1) is 0 Å². The van der Waals surface area contributed by atoms with E-state index in [1.165, 1.54) is 0 Å². The van der Waals surface area contributed by atoms with Gasteiger partial charge in [-0.25, -0.2) is 0 Å². The van der Waals surface area contributed by atoms with E-state index in [-0.39, 0.29) is 18.2 Å².